The molecule has 0 aromatic heterocycles. The van der Waals surface area contributed by atoms with Crippen LogP contribution in [0.1, 0.15) is 67.7 Å². The monoisotopic (exact) mass is 450 g/mol. The van der Waals surface area contributed by atoms with Crippen LogP contribution in [0.5, 0.6) is 5.75 Å². The molecule has 2 aromatic rings. The highest BCUT2D eigenvalue weighted by Crippen LogP contribution is 2.21. The zero-order chi connectivity index (χ0) is 23.8. The summed E-state index contributed by atoms with van der Waals surface area (Å²) < 4.78 is 5.90. The van der Waals surface area contributed by atoms with E-state index in [0.29, 0.717) is 18.7 Å². The lowest BCUT2D eigenvalue weighted by molar-refractivity contribution is -0.143. The molecule has 0 spiro atoms. The Balaban J connectivity index is 1.78. The number of nitrogens with zero attached hydrogens (tertiary/aromatic N) is 1. The van der Waals surface area contributed by atoms with Crippen LogP contribution in [-0.2, 0) is 16.1 Å². The lowest BCUT2D eigenvalue weighted by Gasteiger charge is -2.33. The van der Waals surface area contributed by atoms with Crippen LogP contribution in [0.4, 0.5) is 0 Å². The highest BCUT2D eigenvalue weighted by atomic mass is 16.5. The van der Waals surface area contributed by atoms with Crippen molar-refractivity contribution in [1.29, 1.82) is 0 Å². The number of aryl methyl sites for hydroxylation is 3. The maximum absolute atomic E-state index is 13.4. The number of rotatable bonds is 9. The Morgan fingerprint density at radius 3 is 2.42 bits per heavy atom. The number of carbonyl (C=O) groups excluding carboxylic acids is 2. The summed E-state index contributed by atoms with van der Waals surface area (Å²) in [5, 5.41) is 3.22. The molecule has 3 rings (SSSR count). The fourth-order valence-electron chi connectivity index (χ4n) is 4.62. The molecule has 0 heterocycles. The summed E-state index contributed by atoms with van der Waals surface area (Å²) in [4.78, 5) is 28.4. The zero-order valence-electron chi connectivity index (χ0n) is 20.5. The molecule has 0 saturated heterocycles. The molecule has 1 aliphatic carbocycles. The number of benzene rings is 2. The maximum Gasteiger partial charge on any atom is 0.261 e. The van der Waals surface area contributed by atoms with E-state index in [2.05, 4.69) is 5.32 Å². The highest BCUT2D eigenvalue weighted by molar-refractivity contribution is 5.88. The molecule has 2 amide bonds. The smallest absolute Gasteiger partial charge is 0.261 e. The molecule has 33 heavy (non-hydrogen) atoms. The van der Waals surface area contributed by atoms with Gasteiger partial charge < -0.3 is 15.0 Å². The molecule has 5 heteroatoms. The molecule has 0 bridgehead atoms. The summed E-state index contributed by atoms with van der Waals surface area (Å²) in [6.45, 7) is 8.30. The van der Waals surface area contributed by atoms with Gasteiger partial charge in [-0.05, 0) is 62.8 Å². The molecule has 1 fully saturated rings. The van der Waals surface area contributed by atoms with Gasteiger partial charge in [-0.15, -0.1) is 0 Å². The summed E-state index contributed by atoms with van der Waals surface area (Å²) in [6.07, 6.45) is 6.12. The van der Waals surface area contributed by atoms with Gasteiger partial charge in [0.2, 0.25) is 5.91 Å². The fraction of sp³-hybridized carbons (Fsp3) is 0.500. The second-order valence-corrected chi connectivity index (χ2v) is 9.27. The SMILES string of the molecule is CCC(C(=O)NC1CCCCC1)N(Cc1ccccc1C)C(=O)COc1ccc(C)cc1C. The third kappa shape index (κ3) is 6.83. The van der Waals surface area contributed by atoms with Crippen LogP contribution in [0.3, 0.4) is 0 Å². The molecule has 0 aliphatic heterocycles. The first-order valence-corrected chi connectivity index (χ1v) is 12.2. The van der Waals surface area contributed by atoms with Gasteiger partial charge in [-0.3, -0.25) is 9.59 Å². The Hall–Kier alpha value is -2.82. The molecule has 1 saturated carbocycles. The zero-order valence-corrected chi connectivity index (χ0v) is 20.5. The second kappa shape index (κ2) is 11.9. The Kier molecular flexibility index (Phi) is 8.93. The van der Waals surface area contributed by atoms with Crippen LogP contribution in [0.2, 0.25) is 0 Å². The Morgan fingerprint density at radius 2 is 1.76 bits per heavy atom. The fourth-order valence-corrected chi connectivity index (χ4v) is 4.62. The summed E-state index contributed by atoms with van der Waals surface area (Å²) in [7, 11) is 0. The standard InChI is InChI=1S/C28H38N2O3/c1-5-25(28(32)29-24-13-7-6-8-14-24)30(18-23-12-10-9-11-21(23)3)27(31)19-33-26-16-15-20(2)17-22(26)4/h9-12,15-17,24-25H,5-8,13-14,18-19H2,1-4H3,(H,29,32). The van der Waals surface area contributed by atoms with Crippen molar-refractivity contribution < 1.29 is 14.3 Å². The molecule has 2 aromatic carbocycles. The van der Waals surface area contributed by atoms with Crippen molar-refractivity contribution in [2.45, 2.75) is 84.8 Å². The van der Waals surface area contributed by atoms with Crippen molar-refractivity contribution >= 4 is 11.8 Å². The van der Waals surface area contributed by atoms with Crippen LogP contribution in [0.25, 0.3) is 0 Å². The van der Waals surface area contributed by atoms with Gasteiger partial charge in [0.05, 0.1) is 0 Å². The van der Waals surface area contributed by atoms with Crippen LogP contribution in [-0.4, -0.2) is 35.4 Å². The largest absolute Gasteiger partial charge is 0.483 e. The van der Waals surface area contributed by atoms with E-state index >= 15 is 0 Å². The maximum atomic E-state index is 13.4. The van der Waals surface area contributed by atoms with Crippen LogP contribution in [0.15, 0.2) is 42.5 Å². The van der Waals surface area contributed by atoms with Crippen molar-refractivity contribution in [1.82, 2.24) is 10.2 Å². The number of amides is 2. The molecule has 1 atom stereocenters. The van der Waals surface area contributed by atoms with E-state index in [4.69, 9.17) is 4.74 Å². The number of carbonyl (C=O) groups is 2. The summed E-state index contributed by atoms with van der Waals surface area (Å²) in [6, 6.07) is 13.6. The third-order valence-electron chi connectivity index (χ3n) is 6.62. The minimum absolute atomic E-state index is 0.0575. The van der Waals surface area contributed by atoms with E-state index in [0.717, 1.165) is 47.9 Å². The number of hydrogen-bond acceptors (Lipinski definition) is 3. The van der Waals surface area contributed by atoms with Crippen LogP contribution < -0.4 is 10.1 Å². The van der Waals surface area contributed by atoms with Gasteiger partial charge in [0.1, 0.15) is 11.8 Å². The van der Waals surface area contributed by atoms with Gasteiger partial charge in [-0.25, -0.2) is 0 Å². The topological polar surface area (TPSA) is 58.6 Å². The van der Waals surface area contributed by atoms with Crippen LogP contribution in [0, 0.1) is 20.8 Å². The van der Waals surface area contributed by atoms with Gasteiger partial charge >= 0.3 is 0 Å². The molecule has 5 nitrogen and oxygen atoms in total. The van der Waals surface area contributed by atoms with E-state index in [9.17, 15) is 9.59 Å². The summed E-state index contributed by atoms with van der Waals surface area (Å²) in [5.41, 5.74) is 4.29. The lowest BCUT2D eigenvalue weighted by atomic mass is 9.95. The quantitative estimate of drug-likeness (QED) is 0.568. The molecule has 1 aliphatic rings. The summed E-state index contributed by atoms with van der Waals surface area (Å²) in [5.74, 6) is 0.464. The molecular weight excluding hydrogens is 412 g/mol. The molecule has 0 radical (unpaired) electrons. The van der Waals surface area contributed by atoms with Crippen molar-refractivity contribution in [3.05, 3.63) is 64.7 Å². The van der Waals surface area contributed by atoms with Gasteiger partial charge in [-0.1, -0.05) is 68.1 Å². The highest BCUT2D eigenvalue weighted by Gasteiger charge is 2.30. The first-order valence-electron chi connectivity index (χ1n) is 12.2. The number of ether oxygens (including phenoxy) is 1. The minimum atomic E-state index is -0.526. The van der Waals surface area contributed by atoms with E-state index in [-0.39, 0.29) is 24.5 Å². The number of nitrogens with one attached hydrogen (secondary N) is 1. The predicted octanol–water partition coefficient (Wildman–Crippen LogP) is 5.25. The Morgan fingerprint density at radius 1 is 1.03 bits per heavy atom. The van der Waals surface area contributed by atoms with E-state index in [1.807, 2.05) is 70.2 Å². The summed E-state index contributed by atoms with van der Waals surface area (Å²) >= 11 is 0. The average molecular weight is 451 g/mol. The van der Waals surface area contributed by atoms with Crippen molar-refractivity contribution in [2.24, 2.45) is 0 Å². The van der Waals surface area contributed by atoms with Crippen molar-refractivity contribution in [3.8, 4) is 5.75 Å². The molecular formula is C28H38N2O3. The minimum Gasteiger partial charge on any atom is -0.483 e. The lowest BCUT2D eigenvalue weighted by Crippen LogP contribution is -2.52. The van der Waals surface area contributed by atoms with Crippen LogP contribution >= 0.6 is 0 Å². The van der Waals surface area contributed by atoms with Crippen molar-refractivity contribution in [2.75, 3.05) is 6.61 Å². The predicted molar refractivity (Wildman–Crippen MR) is 132 cm³/mol. The second-order valence-electron chi connectivity index (χ2n) is 9.27. The molecule has 1 unspecified atom stereocenters. The average Bonchev–Trinajstić information content (AvgIpc) is 2.80. The van der Waals surface area contributed by atoms with E-state index in [1.165, 1.54) is 6.42 Å². The first-order chi connectivity index (χ1) is 15.9. The number of hydrogen-bond donors (Lipinski definition) is 1. The van der Waals surface area contributed by atoms with Gasteiger partial charge in [-0.2, -0.15) is 0 Å². The van der Waals surface area contributed by atoms with E-state index < -0.39 is 6.04 Å². The third-order valence-corrected chi connectivity index (χ3v) is 6.62. The van der Waals surface area contributed by atoms with Gasteiger partial charge in [0.25, 0.3) is 5.91 Å². The first kappa shape index (κ1) is 24.8. The van der Waals surface area contributed by atoms with Crippen molar-refractivity contribution in [3.63, 3.8) is 0 Å². The normalized spacial score (nSPS) is 15.0. The molecule has 178 valence electrons. The van der Waals surface area contributed by atoms with E-state index in [1.54, 1.807) is 4.90 Å². The Labute approximate surface area is 198 Å². The van der Waals surface area contributed by atoms with Gasteiger partial charge in [0, 0.05) is 12.6 Å². The molecule has 1 N–H and O–H groups in total. The van der Waals surface area contributed by atoms with Gasteiger partial charge in [0.15, 0.2) is 6.61 Å². The Bertz CT molecular complexity index is 950.